The van der Waals surface area contributed by atoms with Gasteiger partial charge < -0.3 is 35.4 Å². The molecule has 16 heteroatoms. The van der Waals surface area contributed by atoms with Gasteiger partial charge in [0.15, 0.2) is 0 Å². The minimum atomic E-state index is -1.59. The second-order valence-electron chi connectivity index (χ2n) is 15.7. The first kappa shape index (κ1) is 41.2. The second kappa shape index (κ2) is 17.8. The molecule has 6 amide bonds. The van der Waals surface area contributed by atoms with Crippen LogP contribution in [0, 0.1) is 17.6 Å². The third-order valence-electron chi connectivity index (χ3n) is 11.3. The highest BCUT2D eigenvalue weighted by Crippen LogP contribution is 2.29. The van der Waals surface area contributed by atoms with Gasteiger partial charge in [-0.25, -0.2) is 13.6 Å². The van der Waals surface area contributed by atoms with Crippen molar-refractivity contribution in [1.29, 1.82) is 0 Å². The second-order valence-corrected chi connectivity index (χ2v) is 15.7. The van der Waals surface area contributed by atoms with E-state index in [-0.39, 0.29) is 56.8 Å². The van der Waals surface area contributed by atoms with E-state index in [1.807, 2.05) is 6.92 Å². The summed E-state index contributed by atoms with van der Waals surface area (Å²) in [6.45, 7) is 5.42. The number of piperidine rings is 1. The van der Waals surface area contributed by atoms with Crippen molar-refractivity contribution < 1.29 is 47.1 Å². The van der Waals surface area contributed by atoms with Crippen molar-refractivity contribution in [1.82, 2.24) is 30.7 Å². The fourth-order valence-electron chi connectivity index (χ4n) is 8.42. The van der Waals surface area contributed by atoms with Gasteiger partial charge in [-0.1, -0.05) is 37.3 Å². The van der Waals surface area contributed by atoms with E-state index in [1.54, 1.807) is 30.3 Å². The predicted octanol–water partition coefficient (Wildman–Crippen LogP) is 1.78. The average Bonchev–Trinajstić information content (AvgIpc) is 3.82. The van der Waals surface area contributed by atoms with Crippen LogP contribution in [0.1, 0.15) is 70.4 Å². The summed E-state index contributed by atoms with van der Waals surface area (Å²) >= 11 is 0. The molecular weight excluding hydrogens is 742 g/mol. The van der Waals surface area contributed by atoms with Crippen LogP contribution in [0.5, 0.6) is 0 Å². The van der Waals surface area contributed by atoms with Crippen molar-refractivity contribution in [3.63, 3.8) is 0 Å². The van der Waals surface area contributed by atoms with Crippen LogP contribution in [-0.4, -0.2) is 118 Å². The maximum atomic E-state index is 14.7. The lowest BCUT2D eigenvalue weighted by Crippen LogP contribution is -2.63. The molecule has 0 radical (unpaired) electrons. The summed E-state index contributed by atoms with van der Waals surface area (Å²) in [5, 5.41) is 8.06. The first-order valence-corrected chi connectivity index (χ1v) is 19.7. The Bertz CT molecular complexity index is 1860. The number of hydrogen-bond acceptors (Lipinski definition) is 8. The summed E-state index contributed by atoms with van der Waals surface area (Å²) in [6.07, 6.45) is 0.788. The van der Waals surface area contributed by atoms with E-state index >= 15 is 0 Å². The lowest BCUT2D eigenvalue weighted by atomic mass is 9.99. The van der Waals surface area contributed by atoms with Gasteiger partial charge in [0.1, 0.15) is 54.0 Å². The minimum absolute atomic E-state index is 0.0520. The largest absolute Gasteiger partial charge is 0.458 e. The number of fused-ring (bicyclic) bond motifs is 3. The number of hydrogen-bond donors (Lipinski definition) is 3. The Hall–Kier alpha value is -5.41. The van der Waals surface area contributed by atoms with Gasteiger partial charge in [-0.15, -0.1) is 0 Å². The molecule has 4 heterocycles. The fraction of sp³-hybridized carbons (Fsp3) is 0.537. The van der Waals surface area contributed by atoms with E-state index in [0.717, 1.165) is 12.1 Å². The van der Waals surface area contributed by atoms with Crippen LogP contribution < -0.4 is 16.0 Å². The molecule has 0 unspecified atom stereocenters. The maximum Gasteiger partial charge on any atom is 0.329 e. The lowest BCUT2D eigenvalue weighted by molar-refractivity contribution is -0.163. The molecule has 0 spiro atoms. The fourth-order valence-corrected chi connectivity index (χ4v) is 8.42. The van der Waals surface area contributed by atoms with Gasteiger partial charge in [-0.05, 0) is 81.5 Å². The van der Waals surface area contributed by atoms with E-state index in [2.05, 4.69) is 16.0 Å². The van der Waals surface area contributed by atoms with Crippen LogP contribution in [0.4, 0.5) is 8.78 Å². The summed E-state index contributed by atoms with van der Waals surface area (Å²) in [6, 6.07) is 4.44. The predicted molar refractivity (Wildman–Crippen MR) is 201 cm³/mol. The summed E-state index contributed by atoms with van der Waals surface area (Å²) in [5.41, 5.74) is 0.691. The number of rotatable bonds is 7. The van der Waals surface area contributed by atoms with Gasteiger partial charge in [0.05, 0.1) is 6.42 Å². The molecule has 4 aliphatic heterocycles. The number of halogens is 2. The summed E-state index contributed by atoms with van der Waals surface area (Å²) in [5.74, 6) is -6.41. The number of cyclic esters (lactones) is 1. The normalized spacial score (nSPS) is 27.8. The van der Waals surface area contributed by atoms with Gasteiger partial charge in [-0.2, -0.15) is 0 Å². The zero-order valence-electron chi connectivity index (χ0n) is 32.4. The van der Waals surface area contributed by atoms with Crippen LogP contribution in [0.15, 0.2) is 48.5 Å². The van der Waals surface area contributed by atoms with Crippen LogP contribution in [0.3, 0.4) is 0 Å². The molecule has 3 N–H and O–H groups in total. The Morgan fingerprint density at radius 3 is 2.19 bits per heavy atom. The first-order chi connectivity index (χ1) is 27.2. The molecule has 6 rings (SSSR count). The molecule has 0 aromatic heterocycles. The van der Waals surface area contributed by atoms with Gasteiger partial charge in [0, 0.05) is 32.1 Å². The molecule has 2 aromatic rings. The van der Waals surface area contributed by atoms with Crippen molar-refractivity contribution in [2.24, 2.45) is 5.92 Å². The Balaban J connectivity index is 1.34. The summed E-state index contributed by atoms with van der Waals surface area (Å²) < 4.78 is 34.5. The molecule has 4 saturated heterocycles. The Kier molecular flexibility index (Phi) is 12.9. The minimum Gasteiger partial charge on any atom is -0.458 e. The van der Waals surface area contributed by atoms with Crippen LogP contribution >= 0.6 is 0 Å². The van der Waals surface area contributed by atoms with Gasteiger partial charge in [0.2, 0.25) is 35.4 Å². The third kappa shape index (κ3) is 9.59. The summed E-state index contributed by atoms with van der Waals surface area (Å²) in [4.78, 5) is 102. The number of nitrogens with zero attached hydrogens (tertiary/aromatic N) is 3. The molecule has 57 heavy (non-hydrogen) atoms. The molecule has 306 valence electrons. The van der Waals surface area contributed by atoms with Crippen molar-refractivity contribution in [3.8, 4) is 0 Å². The highest BCUT2D eigenvalue weighted by Gasteiger charge is 2.47. The number of ether oxygens (including phenoxy) is 1. The highest BCUT2D eigenvalue weighted by atomic mass is 19.1. The number of esters is 1. The zero-order chi connectivity index (χ0) is 41.0. The smallest absolute Gasteiger partial charge is 0.329 e. The van der Waals surface area contributed by atoms with Crippen molar-refractivity contribution in [2.75, 3.05) is 19.6 Å². The van der Waals surface area contributed by atoms with Crippen LogP contribution in [-0.2, 0) is 51.1 Å². The van der Waals surface area contributed by atoms with E-state index in [9.17, 15) is 42.3 Å². The number of benzene rings is 2. The van der Waals surface area contributed by atoms with Gasteiger partial charge in [0.25, 0.3) is 0 Å². The van der Waals surface area contributed by atoms with E-state index in [0.29, 0.717) is 37.3 Å². The third-order valence-corrected chi connectivity index (χ3v) is 11.3. The van der Waals surface area contributed by atoms with Crippen LogP contribution in [0.2, 0.25) is 0 Å². The lowest BCUT2D eigenvalue weighted by Gasteiger charge is -2.39. The molecule has 4 fully saturated rings. The SMILES string of the molecule is C[C@@H]1C[C@H]2C(=O)O[C@@H](C)[C@H](NC(=O)[C@H](Cc3cc(F)cc(F)c3)NC(=O)Cc3ccccc3)C(=O)N3CCC[C@H]3C(=O)N3CCCC[C@H]3C(=O)N[C@@H](C)C(=O)N2C1. The first-order valence-electron chi connectivity index (χ1n) is 19.7. The number of carbonyl (C=O) groups is 7. The molecular formula is C41H50F2N6O8. The van der Waals surface area contributed by atoms with E-state index in [1.165, 1.54) is 28.5 Å². The quantitative estimate of drug-likeness (QED) is 0.356. The van der Waals surface area contributed by atoms with Gasteiger partial charge >= 0.3 is 5.97 Å². The molecule has 0 saturated carbocycles. The van der Waals surface area contributed by atoms with Gasteiger partial charge in [-0.3, -0.25) is 28.8 Å². The zero-order valence-corrected chi connectivity index (χ0v) is 32.4. The standard InChI is InChI=1S/C41H50F2N6O8/c1-23-16-33-41(56)57-25(3)35(46-36(51)30(19-27-17-28(42)21-29(43)18-27)45-34(50)20-26-10-5-4-6-11-26)40(55)48-15-9-13-32(48)39(54)47-14-8-7-12-31(47)37(52)44-24(2)38(53)49(33)22-23/h4-6,10-11,17-18,21,23-25,30-33,35H,7-9,12-16,19-20,22H2,1-3H3,(H,44,52)(H,45,50)(H,46,51)/t23-,24+,25+,30+,31+,32+,33+,35+/m1/s1. The van der Waals surface area contributed by atoms with Crippen molar-refractivity contribution >= 4 is 41.4 Å². The topological polar surface area (TPSA) is 175 Å². The highest BCUT2D eigenvalue weighted by molar-refractivity contribution is 5.98. The number of amides is 6. The van der Waals surface area contributed by atoms with E-state index < -0.39 is 95.4 Å². The van der Waals surface area contributed by atoms with Crippen molar-refractivity contribution in [2.45, 2.75) is 114 Å². The molecule has 8 atom stereocenters. The average molecular weight is 793 g/mol. The Morgan fingerprint density at radius 1 is 0.807 bits per heavy atom. The number of carbonyl (C=O) groups excluding carboxylic acids is 7. The monoisotopic (exact) mass is 792 g/mol. The Morgan fingerprint density at radius 2 is 1.47 bits per heavy atom. The molecule has 0 bridgehead atoms. The molecule has 14 nitrogen and oxygen atoms in total. The molecule has 0 aliphatic carbocycles. The summed E-state index contributed by atoms with van der Waals surface area (Å²) in [7, 11) is 0. The van der Waals surface area contributed by atoms with Crippen molar-refractivity contribution in [3.05, 3.63) is 71.3 Å². The Labute approximate surface area is 330 Å². The molecule has 2 aromatic carbocycles. The number of nitrogens with one attached hydrogen (secondary N) is 3. The van der Waals surface area contributed by atoms with Crippen LogP contribution in [0.25, 0.3) is 0 Å². The molecule has 4 aliphatic rings. The maximum absolute atomic E-state index is 14.7. The van der Waals surface area contributed by atoms with E-state index in [4.69, 9.17) is 4.74 Å².